The molecule has 0 saturated carbocycles. The van der Waals surface area contributed by atoms with Crippen LogP contribution in [0.25, 0.3) is 0 Å². The molecule has 11 heteroatoms. The summed E-state index contributed by atoms with van der Waals surface area (Å²) >= 11 is 0. The molecule has 0 bridgehead atoms. The molecule has 3 aromatic carbocycles. The zero-order valence-corrected chi connectivity index (χ0v) is 30.3. The van der Waals surface area contributed by atoms with Gasteiger partial charge in [-0.1, -0.05) is 72.8 Å². The Hall–Kier alpha value is -5.19. The van der Waals surface area contributed by atoms with Gasteiger partial charge in [-0.25, -0.2) is 0 Å². The molecule has 5 amide bonds. The predicted octanol–water partition coefficient (Wildman–Crippen LogP) is 3.91. The fraction of sp³-hybridized carbons (Fsp3) is 0.425. The largest absolute Gasteiger partial charge is 0.491 e. The van der Waals surface area contributed by atoms with E-state index in [0.717, 1.165) is 18.4 Å². The predicted molar refractivity (Wildman–Crippen MR) is 196 cm³/mol. The van der Waals surface area contributed by atoms with Crippen LogP contribution in [-0.2, 0) is 32.0 Å². The minimum absolute atomic E-state index is 0.0419. The normalized spacial score (nSPS) is 20.6. The topological polar surface area (TPSA) is 137 Å². The van der Waals surface area contributed by atoms with Gasteiger partial charge in [0.05, 0.1) is 11.6 Å². The maximum atomic E-state index is 13.9. The zero-order valence-electron chi connectivity index (χ0n) is 30.3. The number of ether oxygens (including phenoxy) is 1. The highest BCUT2D eigenvalue weighted by Crippen LogP contribution is 2.21. The first kappa shape index (κ1) is 38.6. The molecule has 0 spiro atoms. The summed E-state index contributed by atoms with van der Waals surface area (Å²) < 4.78 is 6.26. The van der Waals surface area contributed by atoms with Crippen molar-refractivity contribution in [3.63, 3.8) is 0 Å². The molecule has 1 heterocycles. The van der Waals surface area contributed by atoms with Crippen molar-refractivity contribution in [3.05, 3.63) is 102 Å². The molecule has 3 N–H and O–H groups in total. The van der Waals surface area contributed by atoms with Crippen LogP contribution in [-0.4, -0.2) is 90.2 Å². The molecule has 0 unspecified atom stereocenters. The quantitative estimate of drug-likeness (QED) is 0.343. The van der Waals surface area contributed by atoms with Crippen LogP contribution in [0.1, 0.15) is 67.9 Å². The van der Waals surface area contributed by atoms with Gasteiger partial charge in [-0.05, 0) is 69.7 Å². The summed E-state index contributed by atoms with van der Waals surface area (Å²) in [4.78, 5) is 70.7. The maximum absolute atomic E-state index is 13.9. The molecule has 11 nitrogen and oxygen atoms in total. The van der Waals surface area contributed by atoms with E-state index < -0.39 is 35.5 Å². The number of carbonyl (C=O) groups excluding carboxylic acids is 5. The zero-order chi connectivity index (χ0) is 37.0. The minimum Gasteiger partial charge on any atom is -0.491 e. The molecule has 1 aliphatic rings. The van der Waals surface area contributed by atoms with E-state index in [1.54, 1.807) is 68.9 Å². The molecular formula is C40H51N5O6. The molecule has 3 atom stereocenters. The number of para-hydroxylation sites is 1. The molecule has 0 radical (unpaired) electrons. The molecular weight excluding hydrogens is 646 g/mol. The van der Waals surface area contributed by atoms with Gasteiger partial charge in [-0.3, -0.25) is 24.0 Å². The number of aryl methyl sites for hydroxylation is 1. The number of hydrogen-bond acceptors (Lipinski definition) is 6. The summed E-state index contributed by atoms with van der Waals surface area (Å²) in [6.45, 7) is 5.59. The SMILES string of the molecule is C[C@@H]1NC(=O)CC(C)(C)NC(=O)CC[C@@H](C(=O)N(C)CCCc2ccccc2)NC(=O)c2ccccc2OC[C@H](Cc2ccccc2)N(C)C1=O. The second-order valence-corrected chi connectivity index (χ2v) is 13.9. The summed E-state index contributed by atoms with van der Waals surface area (Å²) in [7, 11) is 3.36. The molecule has 4 rings (SSSR count). The second-order valence-electron chi connectivity index (χ2n) is 13.9. The highest BCUT2D eigenvalue weighted by atomic mass is 16.5. The van der Waals surface area contributed by atoms with Gasteiger partial charge in [0.1, 0.15) is 24.4 Å². The van der Waals surface area contributed by atoms with E-state index in [1.165, 1.54) is 5.56 Å². The molecule has 1 aliphatic heterocycles. The highest BCUT2D eigenvalue weighted by molar-refractivity contribution is 5.99. The molecule has 272 valence electrons. The van der Waals surface area contributed by atoms with Crippen molar-refractivity contribution < 1.29 is 28.7 Å². The van der Waals surface area contributed by atoms with Crippen LogP contribution in [0.15, 0.2) is 84.9 Å². The van der Waals surface area contributed by atoms with Crippen molar-refractivity contribution in [2.45, 2.75) is 83.0 Å². The fourth-order valence-electron chi connectivity index (χ4n) is 6.20. The number of fused-ring (bicyclic) bond motifs is 1. The Kier molecular flexibility index (Phi) is 13.8. The summed E-state index contributed by atoms with van der Waals surface area (Å²) in [6.07, 6.45) is 1.87. The van der Waals surface area contributed by atoms with Gasteiger partial charge in [-0.15, -0.1) is 0 Å². The second kappa shape index (κ2) is 18.2. The van der Waals surface area contributed by atoms with Crippen LogP contribution < -0.4 is 20.7 Å². The lowest BCUT2D eigenvalue weighted by molar-refractivity contribution is -0.137. The Morgan fingerprint density at radius 1 is 0.882 bits per heavy atom. The lowest BCUT2D eigenvalue weighted by Crippen LogP contribution is -2.53. The maximum Gasteiger partial charge on any atom is 0.255 e. The van der Waals surface area contributed by atoms with E-state index in [4.69, 9.17) is 4.74 Å². The first-order valence-corrected chi connectivity index (χ1v) is 17.6. The lowest BCUT2D eigenvalue weighted by Gasteiger charge is -2.31. The molecule has 3 aromatic rings. The van der Waals surface area contributed by atoms with E-state index in [1.807, 2.05) is 60.7 Å². The van der Waals surface area contributed by atoms with Crippen molar-refractivity contribution in [1.29, 1.82) is 0 Å². The third-order valence-corrected chi connectivity index (χ3v) is 9.04. The van der Waals surface area contributed by atoms with Crippen LogP contribution in [0.5, 0.6) is 5.75 Å². The van der Waals surface area contributed by atoms with Crippen LogP contribution in [0, 0.1) is 0 Å². The van der Waals surface area contributed by atoms with E-state index in [9.17, 15) is 24.0 Å². The first-order chi connectivity index (χ1) is 24.3. The van der Waals surface area contributed by atoms with Crippen LogP contribution in [0.4, 0.5) is 0 Å². The van der Waals surface area contributed by atoms with Crippen LogP contribution in [0.3, 0.4) is 0 Å². The lowest BCUT2D eigenvalue weighted by atomic mass is 9.98. The number of carbonyl (C=O) groups is 5. The van der Waals surface area contributed by atoms with Crippen molar-refractivity contribution in [3.8, 4) is 5.75 Å². The van der Waals surface area contributed by atoms with Crippen molar-refractivity contribution in [2.75, 3.05) is 27.2 Å². The fourth-order valence-corrected chi connectivity index (χ4v) is 6.20. The van der Waals surface area contributed by atoms with Gasteiger partial charge in [-0.2, -0.15) is 0 Å². The Morgan fingerprint density at radius 3 is 2.20 bits per heavy atom. The summed E-state index contributed by atoms with van der Waals surface area (Å²) in [5, 5.41) is 8.55. The Bertz CT molecular complexity index is 1650. The summed E-state index contributed by atoms with van der Waals surface area (Å²) in [6, 6.07) is 24.1. The van der Waals surface area contributed by atoms with Gasteiger partial charge in [0.2, 0.25) is 23.6 Å². The van der Waals surface area contributed by atoms with Crippen molar-refractivity contribution in [1.82, 2.24) is 25.8 Å². The highest BCUT2D eigenvalue weighted by Gasteiger charge is 2.31. The number of hydrogen-bond donors (Lipinski definition) is 3. The van der Waals surface area contributed by atoms with E-state index in [-0.39, 0.29) is 54.9 Å². The number of nitrogens with zero attached hydrogens (tertiary/aromatic N) is 2. The molecule has 51 heavy (non-hydrogen) atoms. The van der Waals surface area contributed by atoms with E-state index in [0.29, 0.717) is 13.0 Å². The Morgan fingerprint density at radius 2 is 1.51 bits per heavy atom. The Balaban J connectivity index is 1.61. The third-order valence-electron chi connectivity index (χ3n) is 9.04. The van der Waals surface area contributed by atoms with Crippen molar-refractivity contribution in [2.24, 2.45) is 0 Å². The molecule has 0 fully saturated rings. The standard InChI is InChI=1S/C40H51N5O6/c1-28-38(49)45(5)31(25-30-17-10-7-11-18-30)27-51-34-21-13-12-20-32(34)37(48)42-33(22-23-35(46)43-40(2,3)26-36(47)41-28)39(50)44(4)24-14-19-29-15-8-6-9-16-29/h6-13,15-18,20-21,28,31,33H,14,19,22-27H2,1-5H3,(H,41,47)(H,42,48)(H,43,46)/t28-,31-,33-/m0/s1. The smallest absolute Gasteiger partial charge is 0.255 e. The van der Waals surface area contributed by atoms with Gasteiger partial charge >= 0.3 is 0 Å². The van der Waals surface area contributed by atoms with E-state index in [2.05, 4.69) is 16.0 Å². The molecule has 0 aromatic heterocycles. The third kappa shape index (κ3) is 11.7. The van der Waals surface area contributed by atoms with Crippen LogP contribution >= 0.6 is 0 Å². The summed E-state index contributed by atoms with van der Waals surface area (Å²) in [5.41, 5.74) is 1.43. The molecule has 0 saturated heterocycles. The first-order valence-electron chi connectivity index (χ1n) is 17.6. The average Bonchev–Trinajstić information content (AvgIpc) is 3.10. The van der Waals surface area contributed by atoms with E-state index >= 15 is 0 Å². The van der Waals surface area contributed by atoms with Crippen molar-refractivity contribution >= 4 is 29.5 Å². The number of rotatable bonds is 7. The number of nitrogens with one attached hydrogen (secondary N) is 3. The van der Waals surface area contributed by atoms with Gasteiger partial charge in [0, 0.05) is 39.0 Å². The Labute approximate surface area is 301 Å². The summed E-state index contributed by atoms with van der Waals surface area (Å²) in [5.74, 6) is -1.63. The molecule has 0 aliphatic carbocycles. The van der Waals surface area contributed by atoms with Gasteiger partial charge in [0.15, 0.2) is 0 Å². The number of benzene rings is 3. The van der Waals surface area contributed by atoms with Gasteiger partial charge in [0.25, 0.3) is 5.91 Å². The van der Waals surface area contributed by atoms with Crippen LogP contribution in [0.2, 0.25) is 0 Å². The average molecular weight is 698 g/mol. The number of amides is 5. The van der Waals surface area contributed by atoms with Gasteiger partial charge < -0.3 is 30.5 Å². The monoisotopic (exact) mass is 697 g/mol. The number of likely N-dealkylation sites (N-methyl/N-ethyl adjacent to an activating group) is 2. The minimum atomic E-state index is -0.998.